The molecule has 1 amide bonds. The molecule has 0 unspecified atom stereocenters. The molecule has 0 aliphatic heterocycles. The Hall–Kier alpha value is -2.35. The van der Waals surface area contributed by atoms with E-state index in [4.69, 9.17) is 14.3 Å². The molecule has 8 nitrogen and oxygen atoms in total. The van der Waals surface area contributed by atoms with Crippen LogP contribution in [0.4, 0.5) is 5.69 Å². The first-order valence-corrected chi connectivity index (χ1v) is 7.75. The van der Waals surface area contributed by atoms with Crippen LogP contribution in [0.15, 0.2) is 18.2 Å². The lowest BCUT2D eigenvalue weighted by Crippen LogP contribution is -2.24. The van der Waals surface area contributed by atoms with E-state index in [1.54, 1.807) is 7.05 Å². The fraction of sp³-hybridized carbons (Fsp3) is 0.562. The van der Waals surface area contributed by atoms with Gasteiger partial charge in [0.25, 0.3) is 5.69 Å². The highest BCUT2D eigenvalue weighted by atomic mass is 16.7. The maximum Gasteiger partial charge on any atom is 0.273 e. The summed E-state index contributed by atoms with van der Waals surface area (Å²) in [7, 11) is 4.53. The number of amides is 1. The average Bonchev–Trinajstić information content (AvgIpc) is 2.59. The van der Waals surface area contributed by atoms with Gasteiger partial charge in [-0.05, 0) is 18.9 Å². The number of carbonyl (C=O) groups excluding carboxylic acids is 1. The Balaban J connectivity index is 2.29. The number of nitrogens with zero attached hydrogens (tertiary/aromatic N) is 2. The lowest BCUT2D eigenvalue weighted by Gasteiger charge is -2.13. The average molecular weight is 340 g/mol. The Labute approximate surface area is 141 Å². The van der Waals surface area contributed by atoms with Crippen molar-refractivity contribution in [1.82, 2.24) is 5.06 Å². The number of nitro groups is 1. The van der Waals surface area contributed by atoms with E-state index in [0.717, 1.165) is 25.7 Å². The van der Waals surface area contributed by atoms with Crippen LogP contribution in [0.5, 0.6) is 11.5 Å². The van der Waals surface area contributed by atoms with Crippen molar-refractivity contribution in [3.05, 3.63) is 28.3 Å². The SMILES string of the molecule is COc1ccc([N+](=O)[O-])cc1OCCCCCCC(=O)N(C)OC. The van der Waals surface area contributed by atoms with Crippen LogP contribution < -0.4 is 9.47 Å². The van der Waals surface area contributed by atoms with Gasteiger partial charge in [-0.3, -0.25) is 19.7 Å². The number of non-ortho nitro benzene ring substituents is 1. The molecular weight excluding hydrogens is 316 g/mol. The zero-order valence-corrected chi connectivity index (χ0v) is 14.3. The first-order valence-electron chi connectivity index (χ1n) is 7.75. The van der Waals surface area contributed by atoms with Crippen molar-refractivity contribution in [3.63, 3.8) is 0 Å². The van der Waals surface area contributed by atoms with Crippen LogP contribution in [0.25, 0.3) is 0 Å². The zero-order chi connectivity index (χ0) is 17.9. The molecule has 0 heterocycles. The molecule has 0 radical (unpaired) electrons. The second-order valence-corrected chi connectivity index (χ2v) is 5.18. The Morgan fingerprint density at radius 3 is 2.50 bits per heavy atom. The number of benzene rings is 1. The Bertz CT molecular complexity index is 549. The molecule has 0 atom stereocenters. The van der Waals surface area contributed by atoms with Gasteiger partial charge in [0.1, 0.15) is 0 Å². The van der Waals surface area contributed by atoms with Gasteiger partial charge in [0.2, 0.25) is 5.91 Å². The van der Waals surface area contributed by atoms with Crippen LogP contribution in [0.2, 0.25) is 0 Å². The number of hydrogen-bond acceptors (Lipinski definition) is 6. The maximum atomic E-state index is 11.5. The van der Waals surface area contributed by atoms with Crippen molar-refractivity contribution in [2.45, 2.75) is 32.1 Å². The molecule has 0 saturated carbocycles. The minimum atomic E-state index is -0.472. The van der Waals surface area contributed by atoms with Crippen molar-refractivity contribution < 1.29 is 24.0 Å². The van der Waals surface area contributed by atoms with Gasteiger partial charge in [0.15, 0.2) is 11.5 Å². The first kappa shape index (κ1) is 19.7. The third-order valence-electron chi connectivity index (χ3n) is 3.53. The van der Waals surface area contributed by atoms with Crippen LogP contribution in [0.3, 0.4) is 0 Å². The molecule has 0 spiro atoms. The fourth-order valence-corrected chi connectivity index (χ4v) is 2.06. The van der Waals surface area contributed by atoms with Gasteiger partial charge >= 0.3 is 0 Å². The third-order valence-corrected chi connectivity index (χ3v) is 3.53. The lowest BCUT2D eigenvalue weighted by molar-refractivity contribution is -0.385. The smallest absolute Gasteiger partial charge is 0.273 e. The maximum absolute atomic E-state index is 11.5. The molecule has 24 heavy (non-hydrogen) atoms. The minimum Gasteiger partial charge on any atom is -0.493 e. The van der Waals surface area contributed by atoms with Gasteiger partial charge < -0.3 is 9.47 Å². The van der Waals surface area contributed by atoms with Crippen molar-refractivity contribution in [2.75, 3.05) is 27.9 Å². The molecule has 0 fully saturated rings. The normalized spacial score (nSPS) is 10.3. The number of nitro benzene ring substituents is 1. The molecule has 1 aromatic rings. The molecule has 134 valence electrons. The molecule has 0 aromatic heterocycles. The van der Waals surface area contributed by atoms with E-state index in [1.807, 2.05) is 0 Å². The number of hydroxylamine groups is 2. The second kappa shape index (κ2) is 10.4. The molecule has 0 aliphatic carbocycles. The van der Waals surface area contributed by atoms with Gasteiger partial charge in [0, 0.05) is 19.5 Å². The largest absolute Gasteiger partial charge is 0.493 e. The van der Waals surface area contributed by atoms with Gasteiger partial charge in [-0.2, -0.15) is 0 Å². The molecular formula is C16H24N2O6. The highest BCUT2D eigenvalue weighted by molar-refractivity contribution is 5.74. The van der Waals surface area contributed by atoms with Crippen molar-refractivity contribution in [1.29, 1.82) is 0 Å². The number of unbranched alkanes of at least 4 members (excludes halogenated alkanes) is 3. The van der Waals surface area contributed by atoms with Gasteiger partial charge in [-0.1, -0.05) is 12.8 Å². The summed E-state index contributed by atoms with van der Waals surface area (Å²) in [6.45, 7) is 0.434. The Morgan fingerprint density at radius 2 is 1.88 bits per heavy atom. The third kappa shape index (κ3) is 6.41. The molecule has 0 bridgehead atoms. The van der Waals surface area contributed by atoms with E-state index in [1.165, 1.54) is 37.5 Å². The number of rotatable bonds is 11. The van der Waals surface area contributed by atoms with Gasteiger partial charge in [-0.15, -0.1) is 0 Å². The number of methoxy groups -OCH3 is 1. The Morgan fingerprint density at radius 1 is 1.17 bits per heavy atom. The van der Waals surface area contributed by atoms with E-state index in [0.29, 0.717) is 24.5 Å². The summed E-state index contributed by atoms with van der Waals surface area (Å²) in [5.41, 5.74) is -0.0356. The molecule has 1 aromatic carbocycles. The van der Waals surface area contributed by atoms with Crippen LogP contribution in [0, 0.1) is 10.1 Å². The van der Waals surface area contributed by atoms with E-state index < -0.39 is 4.92 Å². The summed E-state index contributed by atoms with van der Waals surface area (Å²) in [4.78, 5) is 26.6. The highest BCUT2D eigenvalue weighted by Crippen LogP contribution is 2.31. The minimum absolute atomic E-state index is 0.0356. The van der Waals surface area contributed by atoms with Crippen LogP contribution in [-0.4, -0.2) is 43.8 Å². The predicted octanol–water partition coefficient (Wildman–Crippen LogP) is 2.95. The molecule has 0 N–H and O–H groups in total. The second-order valence-electron chi connectivity index (χ2n) is 5.18. The molecule has 0 saturated heterocycles. The van der Waals surface area contributed by atoms with Crippen molar-refractivity contribution in [2.24, 2.45) is 0 Å². The zero-order valence-electron chi connectivity index (χ0n) is 14.3. The van der Waals surface area contributed by atoms with E-state index in [2.05, 4.69) is 0 Å². The highest BCUT2D eigenvalue weighted by Gasteiger charge is 2.12. The Kier molecular flexibility index (Phi) is 8.56. The van der Waals surface area contributed by atoms with E-state index >= 15 is 0 Å². The first-order chi connectivity index (χ1) is 11.5. The fourth-order valence-electron chi connectivity index (χ4n) is 2.06. The van der Waals surface area contributed by atoms with Gasteiger partial charge in [0.05, 0.1) is 31.8 Å². The number of hydrogen-bond donors (Lipinski definition) is 0. The summed E-state index contributed by atoms with van der Waals surface area (Å²) in [5.74, 6) is 0.785. The van der Waals surface area contributed by atoms with Crippen LogP contribution in [0.1, 0.15) is 32.1 Å². The van der Waals surface area contributed by atoms with Crippen molar-refractivity contribution in [3.8, 4) is 11.5 Å². The summed E-state index contributed by atoms with van der Waals surface area (Å²) in [6, 6.07) is 4.25. The quantitative estimate of drug-likeness (QED) is 0.349. The number of carbonyl (C=O) groups is 1. The molecule has 8 heteroatoms. The van der Waals surface area contributed by atoms with Crippen LogP contribution in [-0.2, 0) is 9.63 Å². The molecule has 1 rings (SSSR count). The lowest BCUT2D eigenvalue weighted by atomic mass is 10.1. The van der Waals surface area contributed by atoms with Crippen LogP contribution >= 0.6 is 0 Å². The van der Waals surface area contributed by atoms with E-state index in [-0.39, 0.29) is 11.6 Å². The van der Waals surface area contributed by atoms with Gasteiger partial charge in [-0.25, -0.2) is 5.06 Å². The standard InChI is InChI=1S/C16H24N2O6/c1-17(23-3)16(19)8-6-4-5-7-11-24-15-12-13(18(20)21)9-10-14(15)22-2/h9-10,12H,4-8,11H2,1-3H3. The summed E-state index contributed by atoms with van der Waals surface area (Å²) >= 11 is 0. The summed E-state index contributed by atoms with van der Waals surface area (Å²) in [5, 5.41) is 12.0. The van der Waals surface area contributed by atoms with E-state index in [9.17, 15) is 14.9 Å². The van der Waals surface area contributed by atoms with Crippen molar-refractivity contribution >= 4 is 11.6 Å². The monoisotopic (exact) mass is 340 g/mol. The summed E-state index contributed by atoms with van der Waals surface area (Å²) < 4.78 is 10.7. The predicted molar refractivity (Wildman–Crippen MR) is 88.0 cm³/mol. The number of ether oxygens (including phenoxy) is 2. The topological polar surface area (TPSA) is 91.1 Å². The summed E-state index contributed by atoms with van der Waals surface area (Å²) in [6.07, 6.45) is 3.83. The molecule has 0 aliphatic rings.